The number of piperidine rings is 1. The van der Waals surface area contributed by atoms with Gasteiger partial charge in [0.25, 0.3) is 0 Å². The maximum Gasteiger partial charge on any atom is 0.250 e. The third kappa shape index (κ3) is 3.51. The highest BCUT2D eigenvalue weighted by Crippen LogP contribution is 2.21. The summed E-state index contributed by atoms with van der Waals surface area (Å²) in [4.78, 5) is 11.2. The topological polar surface area (TPSA) is 34.0 Å². The summed E-state index contributed by atoms with van der Waals surface area (Å²) in [5.74, 6) is 0.579. The second kappa shape index (κ2) is 6.94. The van der Waals surface area contributed by atoms with Gasteiger partial charge < -0.3 is 9.88 Å². The third-order valence-electron chi connectivity index (χ3n) is 2.88. The molecule has 16 heavy (non-hydrogen) atoms. The van der Waals surface area contributed by atoms with E-state index in [1.807, 2.05) is 19.3 Å². The molecule has 3 nitrogen and oxygen atoms in total. The van der Waals surface area contributed by atoms with Crippen molar-refractivity contribution in [1.29, 1.82) is 0 Å². The first kappa shape index (κ1) is 15.5. The number of pyridine rings is 1. The fourth-order valence-electron chi connectivity index (χ4n) is 1.99. The van der Waals surface area contributed by atoms with Crippen LogP contribution in [0.4, 0.5) is 0 Å². The molecule has 1 unspecified atom stereocenters. The average Bonchev–Trinajstić information content (AvgIpc) is 2.23. The molecule has 0 aromatic carbocycles. The lowest BCUT2D eigenvalue weighted by Crippen LogP contribution is -2.29. The molecule has 0 amide bonds. The number of hydrogen-bond acceptors (Lipinski definition) is 2. The first-order valence-electron chi connectivity index (χ1n) is 5.14. The number of hydrogen-bond donors (Lipinski definition) is 1. The molecule has 2 rings (SSSR count). The zero-order valence-corrected chi connectivity index (χ0v) is 10.9. The van der Waals surface area contributed by atoms with E-state index in [2.05, 4.69) is 5.32 Å². The number of halogens is 2. The first-order chi connectivity index (χ1) is 6.77. The molecule has 0 bridgehead atoms. The van der Waals surface area contributed by atoms with E-state index < -0.39 is 0 Å². The lowest BCUT2D eigenvalue weighted by atomic mass is 9.93. The Labute approximate surface area is 108 Å². The molecule has 1 N–H and O–H groups in total. The van der Waals surface area contributed by atoms with Crippen molar-refractivity contribution in [1.82, 2.24) is 9.88 Å². The predicted molar refractivity (Wildman–Crippen MR) is 71.0 cm³/mol. The molecule has 1 aliphatic heterocycles. The normalized spacial score (nSPS) is 19.4. The highest BCUT2D eigenvalue weighted by Gasteiger charge is 2.15. The van der Waals surface area contributed by atoms with Crippen LogP contribution in [0, 0.1) is 0 Å². The van der Waals surface area contributed by atoms with Crippen molar-refractivity contribution >= 4 is 24.8 Å². The maximum absolute atomic E-state index is 11.2. The highest BCUT2D eigenvalue weighted by molar-refractivity contribution is 5.85. The molecule has 1 aliphatic rings. The molecule has 1 saturated heterocycles. The second-order valence-corrected chi connectivity index (χ2v) is 3.95. The standard InChI is InChI=1S/C11H16N2O.2ClH/c1-13-8-10(4-5-11(13)14)9-3-2-6-12-7-9;;/h4-5,8-9,12H,2-3,6-7H2,1H3;2*1H. The van der Waals surface area contributed by atoms with Crippen molar-refractivity contribution in [3.63, 3.8) is 0 Å². The van der Waals surface area contributed by atoms with Crippen LogP contribution in [0.15, 0.2) is 23.1 Å². The number of rotatable bonds is 1. The van der Waals surface area contributed by atoms with E-state index >= 15 is 0 Å². The molecule has 1 fully saturated rings. The zero-order valence-electron chi connectivity index (χ0n) is 9.31. The quantitative estimate of drug-likeness (QED) is 0.838. The third-order valence-corrected chi connectivity index (χ3v) is 2.88. The van der Waals surface area contributed by atoms with Crippen LogP contribution >= 0.6 is 24.8 Å². The Morgan fingerprint density at radius 3 is 2.69 bits per heavy atom. The van der Waals surface area contributed by atoms with Gasteiger partial charge in [0, 0.05) is 25.9 Å². The predicted octanol–water partition coefficient (Wildman–Crippen LogP) is 1.70. The minimum absolute atomic E-state index is 0. The SMILES string of the molecule is Cl.Cl.Cn1cc(C2CCCNC2)ccc1=O. The summed E-state index contributed by atoms with van der Waals surface area (Å²) >= 11 is 0. The number of aryl methyl sites for hydroxylation is 1. The van der Waals surface area contributed by atoms with Gasteiger partial charge in [0.05, 0.1) is 0 Å². The van der Waals surface area contributed by atoms with Gasteiger partial charge in [-0.15, -0.1) is 24.8 Å². The summed E-state index contributed by atoms with van der Waals surface area (Å²) in [5, 5.41) is 3.38. The fraction of sp³-hybridized carbons (Fsp3) is 0.545. The van der Waals surface area contributed by atoms with Gasteiger partial charge >= 0.3 is 0 Å². The highest BCUT2D eigenvalue weighted by atomic mass is 35.5. The summed E-state index contributed by atoms with van der Waals surface area (Å²) in [6, 6.07) is 3.62. The van der Waals surface area contributed by atoms with Crippen LogP contribution in [0.3, 0.4) is 0 Å². The Balaban J connectivity index is 0.00000112. The monoisotopic (exact) mass is 264 g/mol. The molecular weight excluding hydrogens is 247 g/mol. The minimum Gasteiger partial charge on any atom is -0.318 e. The van der Waals surface area contributed by atoms with Crippen LogP contribution in [-0.2, 0) is 7.05 Å². The van der Waals surface area contributed by atoms with E-state index in [9.17, 15) is 4.79 Å². The minimum atomic E-state index is 0. The second-order valence-electron chi connectivity index (χ2n) is 3.95. The van der Waals surface area contributed by atoms with Crippen LogP contribution in [0.25, 0.3) is 0 Å². The van der Waals surface area contributed by atoms with Crippen LogP contribution in [0.2, 0.25) is 0 Å². The van der Waals surface area contributed by atoms with Gasteiger partial charge in [0.15, 0.2) is 0 Å². The molecule has 1 aromatic rings. The van der Waals surface area contributed by atoms with Crippen LogP contribution in [0.5, 0.6) is 0 Å². The molecule has 0 aliphatic carbocycles. The van der Waals surface area contributed by atoms with E-state index in [4.69, 9.17) is 0 Å². The van der Waals surface area contributed by atoms with Gasteiger partial charge in [-0.1, -0.05) is 6.07 Å². The van der Waals surface area contributed by atoms with Crippen molar-refractivity contribution in [2.45, 2.75) is 18.8 Å². The lowest BCUT2D eigenvalue weighted by Gasteiger charge is -2.23. The molecule has 5 heteroatoms. The molecule has 92 valence electrons. The van der Waals surface area contributed by atoms with Gasteiger partial charge in [-0.25, -0.2) is 0 Å². The Hall–Kier alpha value is -0.510. The Morgan fingerprint density at radius 2 is 2.12 bits per heavy atom. The average molecular weight is 265 g/mol. The number of nitrogens with one attached hydrogen (secondary N) is 1. The van der Waals surface area contributed by atoms with E-state index in [0.29, 0.717) is 5.92 Å². The van der Waals surface area contributed by atoms with Crippen LogP contribution in [-0.4, -0.2) is 17.7 Å². The van der Waals surface area contributed by atoms with Gasteiger partial charge in [0.2, 0.25) is 5.56 Å². The van der Waals surface area contributed by atoms with E-state index in [0.717, 1.165) is 13.1 Å². The Kier molecular flexibility index (Phi) is 6.72. The van der Waals surface area contributed by atoms with E-state index in [1.54, 1.807) is 10.6 Å². The smallest absolute Gasteiger partial charge is 0.250 e. The van der Waals surface area contributed by atoms with Crippen molar-refractivity contribution in [3.05, 3.63) is 34.2 Å². The zero-order chi connectivity index (χ0) is 9.97. The molecular formula is C11H18Cl2N2O. The Morgan fingerprint density at radius 1 is 1.38 bits per heavy atom. The maximum atomic E-state index is 11.2. The van der Waals surface area contributed by atoms with Crippen molar-refractivity contribution in [3.8, 4) is 0 Å². The molecule has 0 spiro atoms. The number of nitrogens with zero attached hydrogens (tertiary/aromatic N) is 1. The molecule has 1 atom stereocenters. The van der Waals surface area contributed by atoms with Gasteiger partial charge in [-0.3, -0.25) is 4.79 Å². The van der Waals surface area contributed by atoms with Crippen molar-refractivity contribution in [2.24, 2.45) is 7.05 Å². The van der Waals surface area contributed by atoms with Crippen molar-refractivity contribution in [2.75, 3.05) is 13.1 Å². The van der Waals surface area contributed by atoms with Crippen molar-refractivity contribution < 1.29 is 0 Å². The summed E-state index contributed by atoms with van der Waals surface area (Å²) in [6.45, 7) is 2.17. The first-order valence-corrected chi connectivity index (χ1v) is 5.14. The van der Waals surface area contributed by atoms with Gasteiger partial charge in [-0.2, -0.15) is 0 Å². The van der Waals surface area contributed by atoms with Crippen LogP contribution in [0.1, 0.15) is 24.3 Å². The molecule has 1 aromatic heterocycles. The molecule has 2 heterocycles. The summed E-state index contributed by atoms with van der Waals surface area (Å²) in [6.07, 6.45) is 4.42. The van der Waals surface area contributed by atoms with Gasteiger partial charge in [-0.05, 0) is 30.9 Å². The van der Waals surface area contributed by atoms with Gasteiger partial charge in [0.1, 0.15) is 0 Å². The summed E-state index contributed by atoms with van der Waals surface area (Å²) in [5.41, 5.74) is 1.34. The largest absolute Gasteiger partial charge is 0.318 e. The van der Waals surface area contributed by atoms with E-state index in [-0.39, 0.29) is 30.4 Å². The summed E-state index contributed by atoms with van der Waals surface area (Å²) < 4.78 is 1.66. The number of aromatic nitrogens is 1. The van der Waals surface area contributed by atoms with E-state index in [1.165, 1.54) is 18.4 Å². The molecule has 0 radical (unpaired) electrons. The fourth-order valence-corrected chi connectivity index (χ4v) is 1.99. The summed E-state index contributed by atoms with van der Waals surface area (Å²) in [7, 11) is 1.81. The van der Waals surface area contributed by atoms with Crippen LogP contribution < -0.4 is 10.9 Å². The molecule has 0 saturated carbocycles. The Bertz CT molecular complexity index is 372. The lowest BCUT2D eigenvalue weighted by molar-refractivity contribution is 0.459.